The lowest BCUT2D eigenvalue weighted by molar-refractivity contribution is 0.122. The zero-order valence-corrected chi connectivity index (χ0v) is 18.6. The lowest BCUT2D eigenvalue weighted by Gasteiger charge is -2.28. The van der Waals surface area contributed by atoms with Crippen molar-refractivity contribution in [3.63, 3.8) is 0 Å². The number of amides is 2. The number of urea groups is 1. The summed E-state index contributed by atoms with van der Waals surface area (Å²) in [6.07, 6.45) is 3.62. The third-order valence-corrected chi connectivity index (χ3v) is 6.12. The Morgan fingerprint density at radius 1 is 1.09 bits per heavy atom. The molecule has 2 N–H and O–H groups in total. The largest absolute Gasteiger partial charge is 0.416 e. The van der Waals surface area contributed by atoms with E-state index in [0.29, 0.717) is 24.7 Å². The summed E-state index contributed by atoms with van der Waals surface area (Å²) >= 11 is 0. The minimum atomic E-state index is -0.520. The molecule has 2 aromatic heterocycles. The zero-order chi connectivity index (χ0) is 22.8. The van der Waals surface area contributed by atoms with Crippen LogP contribution in [0.2, 0.25) is 0 Å². The number of nitrogens with zero attached hydrogens (tertiary/aromatic N) is 3. The molecule has 2 aliphatic heterocycles. The Labute approximate surface area is 191 Å². The molecule has 1 aromatic carbocycles. The number of aromatic amines is 1. The maximum absolute atomic E-state index is 12.6. The van der Waals surface area contributed by atoms with Crippen LogP contribution in [0.15, 0.2) is 45.7 Å². The summed E-state index contributed by atoms with van der Waals surface area (Å²) in [7, 11) is 0. The first-order valence-electron chi connectivity index (χ1n) is 11.3. The molecule has 9 heteroatoms. The summed E-state index contributed by atoms with van der Waals surface area (Å²) in [5, 5.41) is 3.03. The summed E-state index contributed by atoms with van der Waals surface area (Å²) in [5.41, 5.74) is 4.28. The number of nitrogens with one attached hydrogen (secondary N) is 2. The van der Waals surface area contributed by atoms with Crippen LogP contribution in [0.3, 0.4) is 0 Å². The molecule has 0 unspecified atom stereocenters. The fraction of sp³-hybridized carbons (Fsp3) is 0.375. The molecule has 172 valence electrons. The van der Waals surface area contributed by atoms with Gasteiger partial charge in [-0.15, -0.1) is 0 Å². The highest BCUT2D eigenvalue weighted by atomic mass is 16.5. The van der Waals surface area contributed by atoms with Crippen LogP contribution in [-0.2, 0) is 4.74 Å². The Morgan fingerprint density at radius 3 is 2.61 bits per heavy atom. The van der Waals surface area contributed by atoms with Crippen LogP contribution < -0.4 is 16.0 Å². The summed E-state index contributed by atoms with van der Waals surface area (Å²) < 4.78 is 10.8. The lowest BCUT2D eigenvalue weighted by Crippen LogP contribution is -2.36. The number of carbonyl (C=O) groups excluding carboxylic acids is 1. The average molecular weight is 450 g/mol. The summed E-state index contributed by atoms with van der Waals surface area (Å²) in [6, 6.07) is 9.78. The number of rotatable bonds is 4. The molecule has 0 aliphatic carbocycles. The van der Waals surface area contributed by atoms with Crippen LogP contribution in [0.5, 0.6) is 0 Å². The second kappa shape index (κ2) is 9.11. The minimum Gasteiger partial charge on any atom is -0.406 e. The first kappa shape index (κ1) is 21.3. The standard InChI is InChI=1S/C24H27N5O4/c1-16-4-5-18(26-23(30)29-6-2-3-7-29)14-19(16)17-12-20(21-15-25-24(31)33-21)27-22(13-17)28-8-10-32-11-9-28/h4-5,12-15H,2-3,6-11H2,1H3,(H,25,31)(H,26,30). The van der Waals surface area contributed by atoms with Gasteiger partial charge in [0.2, 0.25) is 0 Å². The normalized spacial score (nSPS) is 16.3. The number of hydrogen-bond acceptors (Lipinski definition) is 6. The van der Waals surface area contributed by atoms with E-state index in [9.17, 15) is 9.59 Å². The van der Waals surface area contributed by atoms with Crippen LogP contribution in [0.25, 0.3) is 22.6 Å². The van der Waals surface area contributed by atoms with Crippen molar-refractivity contribution in [3.8, 4) is 22.6 Å². The number of morpholine rings is 1. The molecule has 3 aromatic rings. The van der Waals surface area contributed by atoms with Gasteiger partial charge in [0, 0.05) is 31.9 Å². The highest BCUT2D eigenvalue weighted by Crippen LogP contribution is 2.32. The molecule has 0 spiro atoms. The van der Waals surface area contributed by atoms with Gasteiger partial charge < -0.3 is 24.3 Å². The van der Waals surface area contributed by atoms with Crippen LogP contribution in [0.1, 0.15) is 18.4 Å². The number of hydrogen-bond donors (Lipinski definition) is 2. The number of oxazole rings is 1. The van der Waals surface area contributed by atoms with E-state index < -0.39 is 5.76 Å². The first-order chi connectivity index (χ1) is 16.1. The van der Waals surface area contributed by atoms with Gasteiger partial charge in [-0.1, -0.05) is 6.07 Å². The molecular formula is C24H27N5O4. The van der Waals surface area contributed by atoms with Crippen molar-refractivity contribution in [2.24, 2.45) is 0 Å². The second-order valence-corrected chi connectivity index (χ2v) is 8.40. The van der Waals surface area contributed by atoms with Gasteiger partial charge in [0.25, 0.3) is 0 Å². The smallest absolute Gasteiger partial charge is 0.406 e. The van der Waals surface area contributed by atoms with Crippen molar-refractivity contribution in [2.45, 2.75) is 19.8 Å². The molecule has 0 saturated carbocycles. The Balaban J connectivity index is 1.53. The van der Waals surface area contributed by atoms with E-state index in [1.165, 1.54) is 6.20 Å². The number of H-pyrrole nitrogens is 1. The number of ether oxygens (including phenoxy) is 1. The Kier molecular flexibility index (Phi) is 5.87. The molecule has 0 radical (unpaired) electrons. The van der Waals surface area contributed by atoms with Crippen molar-refractivity contribution in [3.05, 3.63) is 52.6 Å². The molecule has 0 atom stereocenters. The van der Waals surface area contributed by atoms with Crippen LogP contribution >= 0.6 is 0 Å². The van der Waals surface area contributed by atoms with E-state index in [4.69, 9.17) is 14.1 Å². The van der Waals surface area contributed by atoms with E-state index in [0.717, 1.165) is 67.2 Å². The van der Waals surface area contributed by atoms with Gasteiger partial charge in [0.1, 0.15) is 11.5 Å². The van der Waals surface area contributed by atoms with Gasteiger partial charge in [0.05, 0.1) is 19.4 Å². The van der Waals surface area contributed by atoms with E-state index >= 15 is 0 Å². The SMILES string of the molecule is Cc1ccc(NC(=O)N2CCCC2)cc1-c1cc(-c2c[nH]c(=O)o2)nc(N2CCOCC2)c1. The van der Waals surface area contributed by atoms with E-state index in [2.05, 4.69) is 15.2 Å². The number of aromatic nitrogens is 2. The Hall–Kier alpha value is -3.59. The number of pyridine rings is 1. The minimum absolute atomic E-state index is 0.0687. The number of benzene rings is 1. The molecule has 2 amide bonds. The third-order valence-electron chi connectivity index (χ3n) is 6.12. The van der Waals surface area contributed by atoms with Gasteiger partial charge in [-0.3, -0.25) is 4.98 Å². The Morgan fingerprint density at radius 2 is 1.88 bits per heavy atom. The third kappa shape index (κ3) is 4.63. The maximum atomic E-state index is 12.6. The fourth-order valence-corrected chi connectivity index (χ4v) is 4.30. The van der Waals surface area contributed by atoms with Crippen molar-refractivity contribution < 1.29 is 13.9 Å². The van der Waals surface area contributed by atoms with Crippen molar-refractivity contribution in [1.29, 1.82) is 0 Å². The molecule has 4 heterocycles. The number of anilines is 2. The van der Waals surface area contributed by atoms with Crippen LogP contribution in [-0.4, -0.2) is 60.3 Å². The van der Waals surface area contributed by atoms with Gasteiger partial charge >= 0.3 is 11.8 Å². The molecule has 5 rings (SSSR count). The number of carbonyl (C=O) groups is 1. The summed E-state index contributed by atoms with van der Waals surface area (Å²) in [6.45, 7) is 6.36. The second-order valence-electron chi connectivity index (χ2n) is 8.40. The summed E-state index contributed by atoms with van der Waals surface area (Å²) in [4.78, 5) is 35.5. The van der Waals surface area contributed by atoms with Gasteiger partial charge in [0.15, 0.2) is 5.76 Å². The van der Waals surface area contributed by atoms with Gasteiger partial charge in [-0.25, -0.2) is 14.6 Å². The fourth-order valence-electron chi connectivity index (χ4n) is 4.30. The van der Waals surface area contributed by atoms with Crippen molar-refractivity contribution in [1.82, 2.24) is 14.9 Å². The summed E-state index contributed by atoms with van der Waals surface area (Å²) in [5.74, 6) is 0.654. The number of aryl methyl sites for hydroxylation is 1. The maximum Gasteiger partial charge on any atom is 0.416 e. The molecule has 33 heavy (non-hydrogen) atoms. The van der Waals surface area contributed by atoms with Gasteiger partial charge in [-0.2, -0.15) is 0 Å². The average Bonchev–Trinajstić information content (AvgIpc) is 3.53. The van der Waals surface area contributed by atoms with E-state index in [-0.39, 0.29) is 6.03 Å². The molecule has 2 saturated heterocycles. The predicted octanol–water partition coefficient (Wildman–Crippen LogP) is 3.47. The molecule has 2 aliphatic rings. The first-order valence-corrected chi connectivity index (χ1v) is 11.3. The Bertz CT molecular complexity index is 1210. The highest BCUT2D eigenvalue weighted by molar-refractivity contribution is 5.91. The monoisotopic (exact) mass is 449 g/mol. The van der Waals surface area contributed by atoms with Crippen molar-refractivity contribution >= 4 is 17.5 Å². The zero-order valence-electron chi connectivity index (χ0n) is 18.6. The quantitative estimate of drug-likeness (QED) is 0.632. The highest BCUT2D eigenvalue weighted by Gasteiger charge is 2.20. The molecular weight excluding hydrogens is 422 g/mol. The lowest BCUT2D eigenvalue weighted by atomic mass is 9.99. The molecule has 2 fully saturated rings. The van der Waals surface area contributed by atoms with Crippen molar-refractivity contribution in [2.75, 3.05) is 49.6 Å². The van der Waals surface area contributed by atoms with Crippen LogP contribution in [0, 0.1) is 6.92 Å². The van der Waals surface area contributed by atoms with Gasteiger partial charge in [-0.05, 0) is 60.7 Å². The molecule has 9 nitrogen and oxygen atoms in total. The van der Waals surface area contributed by atoms with E-state index in [1.807, 2.05) is 42.2 Å². The van der Waals surface area contributed by atoms with E-state index in [1.54, 1.807) is 0 Å². The van der Waals surface area contributed by atoms with Crippen LogP contribution in [0.4, 0.5) is 16.3 Å². The number of likely N-dealkylation sites (tertiary alicyclic amines) is 1. The topological polar surface area (TPSA) is 104 Å². The molecule has 0 bridgehead atoms. The predicted molar refractivity (Wildman–Crippen MR) is 126 cm³/mol.